The van der Waals surface area contributed by atoms with Crippen LogP contribution in [0.15, 0.2) is 43.0 Å². The minimum Gasteiger partial charge on any atom is -0.337 e. The molecule has 1 fully saturated rings. The molecule has 0 radical (unpaired) electrons. The van der Waals surface area contributed by atoms with E-state index in [0.717, 1.165) is 43.7 Å². The standard InChI is InChI=1S/C18H24N4O/c1-15-4-2-3-5-17(15)20-18(23)13-21-9-6-16(7-10-21)12-22-11-8-19-14-22/h2-5,8,11,14,16H,6-7,9-10,12-13H2,1H3,(H,20,23). The summed E-state index contributed by atoms with van der Waals surface area (Å²) in [4.78, 5) is 18.5. The molecule has 1 N–H and O–H groups in total. The summed E-state index contributed by atoms with van der Waals surface area (Å²) in [6.07, 6.45) is 7.99. The van der Waals surface area contributed by atoms with Gasteiger partial charge in [0, 0.05) is 24.6 Å². The van der Waals surface area contributed by atoms with E-state index in [2.05, 4.69) is 19.8 Å². The third-order valence-corrected chi connectivity index (χ3v) is 4.52. The van der Waals surface area contributed by atoms with Crippen LogP contribution in [0.25, 0.3) is 0 Å². The zero-order valence-electron chi connectivity index (χ0n) is 13.6. The van der Waals surface area contributed by atoms with Gasteiger partial charge in [0.05, 0.1) is 12.9 Å². The van der Waals surface area contributed by atoms with Crippen molar-refractivity contribution in [3.63, 3.8) is 0 Å². The van der Waals surface area contributed by atoms with E-state index in [0.29, 0.717) is 12.5 Å². The molecule has 2 aromatic rings. The lowest BCUT2D eigenvalue weighted by molar-refractivity contribution is -0.117. The van der Waals surface area contributed by atoms with Crippen molar-refractivity contribution in [3.8, 4) is 0 Å². The molecule has 0 unspecified atom stereocenters. The van der Waals surface area contributed by atoms with Crippen LogP contribution in [0, 0.1) is 12.8 Å². The fourth-order valence-corrected chi connectivity index (χ4v) is 3.13. The Bertz CT molecular complexity index is 630. The summed E-state index contributed by atoms with van der Waals surface area (Å²) in [6.45, 7) is 5.49. The van der Waals surface area contributed by atoms with Crippen LogP contribution in [-0.2, 0) is 11.3 Å². The van der Waals surface area contributed by atoms with Gasteiger partial charge >= 0.3 is 0 Å². The smallest absolute Gasteiger partial charge is 0.238 e. The Morgan fingerprint density at radius 3 is 2.78 bits per heavy atom. The van der Waals surface area contributed by atoms with Crippen molar-refractivity contribution >= 4 is 11.6 Å². The van der Waals surface area contributed by atoms with Gasteiger partial charge in [0.1, 0.15) is 0 Å². The van der Waals surface area contributed by atoms with Crippen molar-refractivity contribution in [2.75, 3.05) is 25.0 Å². The molecule has 1 amide bonds. The molecule has 1 aliphatic rings. The number of carbonyl (C=O) groups is 1. The lowest BCUT2D eigenvalue weighted by atomic mass is 9.97. The number of nitrogens with zero attached hydrogens (tertiary/aromatic N) is 3. The Balaban J connectivity index is 1.43. The highest BCUT2D eigenvalue weighted by Gasteiger charge is 2.21. The minimum atomic E-state index is 0.0763. The number of imidazole rings is 1. The number of likely N-dealkylation sites (tertiary alicyclic amines) is 1. The van der Waals surface area contributed by atoms with Crippen LogP contribution in [0.5, 0.6) is 0 Å². The van der Waals surface area contributed by atoms with Crippen LogP contribution in [0.2, 0.25) is 0 Å². The first kappa shape index (κ1) is 15.7. The summed E-state index contributed by atoms with van der Waals surface area (Å²) in [5.41, 5.74) is 2.01. The molecule has 2 heterocycles. The maximum Gasteiger partial charge on any atom is 0.238 e. The van der Waals surface area contributed by atoms with Crippen LogP contribution in [0.3, 0.4) is 0 Å². The van der Waals surface area contributed by atoms with Crippen LogP contribution >= 0.6 is 0 Å². The number of amides is 1. The molecule has 1 aliphatic heterocycles. The molecule has 5 heteroatoms. The van der Waals surface area contributed by atoms with Gasteiger partial charge in [-0.15, -0.1) is 0 Å². The molecule has 0 saturated carbocycles. The zero-order valence-corrected chi connectivity index (χ0v) is 13.6. The van der Waals surface area contributed by atoms with Gasteiger partial charge in [-0.1, -0.05) is 18.2 Å². The average molecular weight is 312 g/mol. The first-order valence-electron chi connectivity index (χ1n) is 8.24. The number of nitrogens with one attached hydrogen (secondary N) is 1. The van der Waals surface area contributed by atoms with E-state index < -0.39 is 0 Å². The Kier molecular flexibility index (Phi) is 5.08. The SMILES string of the molecule is Cc1ccccc1NC(=O)CN1CCC(Cn2ccnc2)CC1. The van der Waals surface area contributed by atoms with Gasteiger partial charge in [0.25, 0.3) is 0 Å². The summed E-state index contributed by atoms with van der Waals surface area (Å²) < 4.78 is 2.14. The molecule has 0 spiro atoms. The largest absolute Gasteiger partial charge is 0.337 e. The molecule has 1 aromatic carbocycles. The van der Waals surface area contributed by atoms with E-state index in [1.165, 1.54) is 0 Å². The fraction of sp³-hybridized carbons (Fsp3) is 0.444. The molecule has 3 rings (SSSR count). The second-order valence-electron chi connectivity index (χ2n) is 6.34. The van der Waals surface area contributed by atoms with Gasteiger partial charge in [0.15, 0.2) is 0 Å². The van der Waals surface area contributed by atoms with E-state index in [-0.39, 0.29) is 5.91 Å². The quantitative estimate of drug-likeness (QED) is 0.923. The molecule has 0 aliphatic carbocycles. The topological polar surface area (TPSA) is 50.2 Å². The number of piperidine rings is 1. The normalized spacial score (nSPS) is 16.4. The number of hydrogen-bond donors (Lipinski definition) is 1. The van der Waals surface area contributed by atoms with E-state index in [9.17, 15) is 4.79 Å². The predicted molar refractivity (Wildman–Crippen MR) is 91.2 cm³/mol. The molecule has 0 atom stereocenters. The third kappa shape index (κ3) is 4.42. The predicted octanol–water partition coefficient (Wildman–Crippen LogP) is 2.54. The van der Waals surface area contributed by atoms with Crippen molar-refractivity contribution in [1.29, 1.82) is 0 Å². The highest BCUT2D eigenvalue weighted by molar-refractivity contribution is 5.92. The van der Waals surface area contributed by atoms with Gasteiger partial charge in [0.2, 0.25) is 5.91 Å². The number of hydrogen-bond acceptors (Lipinski definition) is 3. The van der Waals surface area contributed by atoms with Gasteiger partial charge in [-0.3, -0.25) is 9.69 Å². The summed E-state index contributed by atoms with van der Waals surface area (Å²) in [6, 6.07) is 7.89. The van der Waals surface area contributed by atoms with E-state index >= 15 is 0 Å². The van der Waals surface area contributed by atoms with Crippen molar-refractivity contribution in [3.05, 3.63) is 48.5 Å². The number of anilines is 1. The highest BCUT2D eigenvalue weighted by Crippen LogP contribution is 2.19. The van der Waals surface area contributed by atoms with Crippen LogP contribution in [0.4, 0.5) is 5.69 Å². The number of rotatable bonds is 5. The molecule has 1 saturated heterocycles. The maximum absolute atomic E-state index is 12.2. The molecule has 5 nitrogen and oxygen atoms in total. The number of aryl methyl sites for hydroxylation is 1. The van der Waals surface area contributed by atoms with Gasteiger partial charge in [-0.05, 0) is 50.4 Å². The van der Waals surface area contributed by atoms with Crippen LogP contribution < -0.4 is 5.32 Å². The molecule has 0 bridgehead atoms. The second-order valence-corrected chi connectivity index (χ2v) is 6.34. The van der Waals surface area contributed by atoms with Gasteiger partial charge in [-0.25, -0.2) is 4.98 Å². The summed E-state index contributed by atoms with van der Waals surface area (Å²) in [5.74, 6) is 0.757. The number of para-hydroxylation sites is 1. The van der Waals surface area contributed by atoms with Gasteiger partial charge in [-0.2, -0.15) is 0 Å². The maximum atomic E-state index is 12.2. The third-order valence-electron chi connectivity index (χ3n) is 4.52. The van der Waals surface area contributed by atoms with Crippen molar-refractivity contribution < 1.29 is 4.79 Å². The second kappa shape index (κ2) is 7.42. The molecular formula is C18H24N4O. The average Bonchev–Trinajstić information content (AvgIpc) is 3.04. The van der Waals surface area contributed by atoms with Crippen molar-refractivity contribution in [2.24, 2.45) is 5.92 Å². The van der Waals surface area contributed by atoms with Crippen LogP contribution in [-0.4, -0.2) is 40.0 Å². The van der Waals surface area contributed by atoms with E-state index in [1.807, 2.05) is 49.9 Å². The monoisotopic (exact) mass is 312 g/mol. The van der Waals surface area contributed by atoms with E-state index in [4.69, 9.17) is 0 Å². The summed E-state index contributed by atoms with van der Waals surface area (Å²) in [7, 11) is 0. The molecule has 23 heavy (non-hydrogen) atoms. The number of benzene rings is 1. The first-order valence-corrected chi connectivity index (χ1v) is 8.24. The molecule has 1 aromatic heterocycles. The fourth-order valence-electron chi connectivity index (χ4n) is 3.13. The molecular weight excluding hydrogens is 288 g/mol. The highest BCUT2D eigenvalue weighted by atomic mass is 16.2. The molecule has 122 valence electrons. The lowest BCUT2D eigenvalue weighted by Crippen LogP contribution is -2.40. The minimum absolute atomic E-state index is 0.0763. The number of aromatic nitrogens is 2. The Morgan fingerprint density at radius 2 is 2.09 bits per heavy atom. The Labute approximate surface area is 137 Å². The lowest BCUT2D eigenvalue weighted by Gasteiger charge is -2.31. The van der Waals surface area contributed by atoms with Crippen molar-refractivity contribution in [1.82, 2.24) is 14.5 Å². The van der Waals surface area contributed by atoms with Crippen molar-refractivity contribution in [2.45, 2.75) is 26.3 Å². The van der Waals surface area contributed by atoms with E-state index in [1.54, 1.807) is 0 Å². The summed E-state index contributed by atoms with van der Waals surface area (Å²) in [5, 5.41) is 3.01. The van der Waals surface area contributed by atoms with Gasteiger partial charge < -0.3 is 9.88 Å². The number of carbonyl (C=O) groups excluding carboxylic acids is 1. The Hall–Kier alpha value is -2.14. The summed E-state index contributed by atoms with van der Waals surface area (Å²) >= 11 is 0. The zero-order chi connectivity index (χ0) is 16.1. The first-order chi connectivity index (χ1) is 11.2. The Morgan fingerprint density at radius 1 is 1.30 bits per heavy atom. The van der Waals surface area contributed by atoms with Crippen LogP contribution in [0.1, 0.15) is 18.4 Å².